The maximum Gasteiger partial charge on any atom is 0.480 e. The zero-order chi connectivity index (χ0) is 9.84. The Kier molecular flexibility index (Phi) is 3.16. The smallest absolute Gasteiger partial charge is 0.424 e. The first-order chi connectivity index (χ1) is 6.08. The summed E-state index contributed by atoms with van der Waals surface area (Å²) in [6.45, 7) is 0. The lowest BCUT2D eigenvalue weighted by Gasteiger charge is -1.94. The lowest BCUT2D eigenvalue weighted by Crippen LogP contribution is -2.05. The zero-order valence-corrected chi connectivity index (χ0v) is 6.61. The molecule has 0 aliphatic carbocycles. The van der Waals surface area contributed by atoms with E-state index in [-0.39, 0.29) is 5.56 Å². The standard InChI is InChI=1S/C8H7BF2O2/c10-7-3-6(1-2-9(12)13)4-8(11)5-7/h1-5,12-13H/b2-1+. The molecule has 0 saturated heterocycles. The van der Waals surface area contributed by atoms with Crippen LogP contribution in [0.15, 0.2) is 24.2 Å². The Hall–Kier alpha value is -1.20. The van der Waals surface area contributed by atoms with Crippen molar-refractivity contribution < 1.29 is 18.8 Å². The summed E-state index contributed by atoms with van der Waals surface area (Å²) in [5, 5.41) is 16.9. The molecule has 0 radical (unpaired) electrons. The van der Waals surface area contributed by atoms with Gasteiger partial charge in [-0.05, 0) is 17.7 Å². The van der Waals surface area contributed by atoms with Gasteiger partial charge in [-0.15, -0.1) is 0 Å². The molecule has 0 unspecified atom stereocenters. The van der Waals surface area contributed by atoms with Crippen molar-refractivity contribution in [2.45, 2.75) is 0 Å². The zero-order valence-electron chi connectivity index (χ0n) is 6.61. The molecule has 1 rings (SSSR count). The third-order valence-corrected chi connectivity index (χ3v) is 1.35. The van der Waals surface area contributed by atoms with E-state index < -0.39 is 18.8 Å². The molecule has 0 heterocycles. The molecular weight excluding hydrogens is 177 g/mol. The van der Waals surface area contributed by atoms with E-state index in [4.69, 9.17) is 10.0 Å². The molecular formula is C8H7BF2O2. The van der Waals surface area contributed by atoms with E-state index >= 15 is 0 Å². The van der Waals surface area contributed by atoms with Crippen molar-refractivity contribution in [1.29, 1.82) is 0 Å². The summed E-state index contributed by atoms with van der Waals surface area (Å²) >= 11 is 0. The summed E-state index contributed by atoms with van der Waals surface area (Å²) in [5.41, 5.74) is 0.241. The van der Waals surface area contributed by atoms with Crippen molar-refractivity contribution in [2.75, 3.05) is 0 Å². The molecule has 68 valence electrons. The highest BCUT2D eigenvalue weighted by Gasteiger charge is 2.00. The second-order valence-electron chi connectivity index (χ2n) is 2.48. The summed E-state index contributed by atoms with van der Waals surface area (Å²) in [5.74, 6) is -0.395. The average Bonchev–Trinajstić information content (AvgIpc) is 1.99. The maximum absolute atomic E-state index is 12.6. The minimum atomic E-state index is -1.62. The van der Waals surface area contributed by atoms with E-state index in [1.807, 2.05) is 0 Å². The van der Waals surface area contributed by atoms with Gasteiger partial charge in [-0.1, -0.05) is 12.1 Å². The molecule has 1 aromatic rings. The van der Waals surface area contributed by atoms with Crippen molar-refractivity contribution in [3.05, 3.63) is 41.4 Å². The van der Waals surface area contributed by atoms with Crippen molar-refractivity contribution in [3.63, 3.8) is 0 Å². The average molecular weight is 184 g/mol. The van der Waals surface area contributed by atoms with Crippen LogP contribution in [0.3, 0.4) is 0 Å². The summed E-state index contributed by atoms with van der Waals surface area (Å²) in [6.07, 6.45) is 1.22. The number of hydrogen-bond donors (Lipinski definition) is 2. The third kappa shape index (κ3) is 3.35. The van der Waals surface area contributed by atoms with Gasteiger partial charge >= 0.3 is 7.12 Å². The van der Waals surface area contributed by atoms with Crippen LogP contribution < -0.4 is 0 Å². The van der Waals surface area contributed by atoms with Crippen LogP contribution in [-0.4, -0.2) is 17.2 Å². The van der Waals surface area contributed by atoms with Crippen molar-refractivity contribution in [2.24, 2.45) is 0 Å². The topological polar surface area (TPSA) is 40.5 Å². The number of hydrogen-bond acceptors (Lipinski definition) is 2. The fourth-order valence-corrected chi connectivity index (χ4v) is 0.869. The Morgan fingerprint density at radius 3 is 2.08 bits per heavy atom. The van der Waals surface area contributed by atoms with E-state index in [1.165, 1.54) is 6.08 Å². The van der Waals surface area contributed by atoms with Gasteiger partial charge in [0.1, 0.15) is 11.6 Å². The summed E-state index contributed by atoms with van der Waals surface area (Å²) in [7, 11) is -1.62. The molecule has 0 spiro atoms. The minimum Gasteiger partial charge on any atom is -0.424 e. The first kappa shape index (κ1) is 9.89. The van der Waals surface area contributed by atoms with Crippen molar-refractivity contribution in [3.8, 4) is 0 Å². The summed E-state index contributed by atoms with van der Waals surface area (Å²) < 4.78 is 25.1. The summed E-state index contributed by atoms with van der Waals surface area (Å²) in [6, 6.07) is 2.91. The first-order valence-corrected chi connectivity index (χ1v) is 3.58. The third-order valence-electron chi connectivity index (χ3n) is 1.35. The molecule has 2 N–H and O–H groups in total. The Morgan fingerprint density at radius 1 is 1.08 bits per heavy atom. The molecule has 0 amide bonds. The van der Waals surface area contributed by atoms with Gasteiger partial charge in [0.05, 0.1) is 0 Å². The quantitative estimate of drug-likeness (QED) is 0.672. The second-order valence-corrected chi connectivity index (χ2v) is 2.48. The first-order valence-electron chi connectivity index (χ1n) is 3.58. The van der Waals surface area contributed by atoms with Crippen LogP contribution >= 0.6 is 0 Å². The molecule has 2 nitrogen and oxygen atoms in total. The van der Waals surface area contributed by atoms with Crippen LogP contribution in [-0.2, 0) is 0 Å². The van der Waals surface area contributed by atoms with E-state index in [1.54, 1.807) is 0 Å². The lowest BCUT2D eigenvalue weighted by atomic mass is 9.91. The predicted octanol–water partition coefficient (Wildman–Crippen LogP) is 0.990. The SMILES string of the molecule is OB(O)/C=C/c1cc(F)cc(F)c1. The van der Waals surface area contributed by atoms with E-state index in [9.17, 15) is 8.78 Å². The Bertz CT molecular complexity index is 306. The highest BCUT2D eigenvalue weighted by Crippen LogP contribution is 2.09. The van der Waals surface area contributed by atoms with Crippen LogP contribution in [0.5, 0.6) is 0 Å². The van der Waals surface area contributed by atoms with Gasteiger partial charge in [-0.25, -0.2) is 8.78 Å². The molecule has 0 bridgehead atoms. The molecule has 13 heavy (non-hydrogen) atoms. The number of benzene rings is 1. The predicted molar refractivity (Wildman–Crippen MR) is 45.6 cm³/mol. The van der Waals surface area contributed by atoms with Crippen LogP contribution in [0.25, 0.3) is 6.08 Å². The number of rotatable bonds is 2. The van der Waals surface area contributed by atoms with E-state index in [0.29, 0.717) is 0 Å². The van der Waals surface area contributed by atoms with Crippen molar-refractivity contribution in [1.82, 2.24) is 0 Å². The van der Waals surface area contributed by atoms with Gasteiger partial charge in [0.15, 0.2) is 0 Å². The molecule has 0 aliphatic heterocycles. The molecule has 1 aromatic carbocycles. The van der Waals surface area contributed by atoms with Crippen molar-refractivity contribution >= 4 is 13.2 Å². The molecule has 0 fully saturated rings. The summed E-state index contributed by atoms with van der Waals surface area (Å²) in [4.78, 5) is 0. The second kappa shape index (κ2) is 4.16. The fraction of sp³-hybridized carbons (Fsp3) is 0. The number of halogens is 2. The largest absolute Gasteiger partial charge is 0.480 e. The molecule has 5 heteroatoms. The van der Waals surface area contributed by atoms with E-state index in [0.717, 1.165) is 24.2 Å². The van der Waals surface area contributed by atoms with Crippen LogP contribution in [0.2, 0.25) is 0 Å². The maximum atomic E-state index is 12.6. The highest BCUT2D eigenvalue weighted by molar-refractivity contribution is 6.48. The molecule has 0 aliphatic rings. The normalized spacial score (nSPS) is 10.8. The van der Waals surface area contributed by atoms with Gasteiger partial charge in [0, 0.05) is 6.07 Å². The Labute approximate surface area is 74.3 Å². The Balaban J connectivity index is 2.89. The van der Waals surface area contributed by atoms with Crippen LogP contribution in [0, 0.1) is 11.6 Å². The fourth-order valence-electron chi connectivity index (χ4n) is 0.869. The molecule has 0 saturated carbocycles. The van der Waals surface area contributed by atoms with Gasteiger partial charge in [-0.3, -0.25) is 0 Å². The van der Waals surface area contributed by atoms with Crippen LogP contribution in [0.4, 0.5) is 8.78 Å². The van der Waals surface area contributed by atoms with Gasteiger partial charge in [0.2, 0.25) is 0 Å². The van der Waals surface area contributed by atoms with Crippen LogP contribution in [0.1, 0.15) is 5.56 Å². The minimum absolute atomic E-state index is 0.241. The van der Waals surface area contributed by atoms with Gasteiger partial charge < -0.3 is 10.0 Å². The monoisotopic (exact) mass is 184 g/mol. The van der Waals surface area contributed by atoms with E-state index in [2.05, 4.69) is 0 Å². The lowest BCUT2D eigenvalue weighted by molar-refractivity contribution is 0.424. The highest BCUT2D eigenvalue weighted by atomic mass is 19.1. The molecule has 0 atom stereocenters. The van der Waals surface area contributed by atoms with Gasteiger partial charge in [-0.2, -0.15) is 0 Å². The molecule has 0 aromatic heterocycles. The Morgan fingerprint density at radius 2 is 1.62 bits per heavy atom. The van der Waals surface area contributed by atoms with Gasteiger partial charge in [0.25, 0.3) is 0 Å².